The Bertz CT molecular complexity index is 193. The van der Waals surface area contributed by atoms with Gasteiger partial charge in [0.1, 0.15) is 6.04 Å². The summed E-state index contributed by atoms with van der Waals surface area (Å²) in [5.74, 6) is -3.17. The van der Waals surface area contributed by atoms with Crippen molar-refractivity contribution in [2.24, 2.45) is 11.7 Å². The van der Waals surface area contributed by atoms with Gasteiger partial charge >= 0.3 is 11.9 Å². The van der Waals surface area contributed by atoms with Crippen LogP contribution >= 0.6 is 0 Å². The van der Waals surface area contributed by atoms with E-state index in [-0.39, 0.29) is 13.0 Å². The van der Waals surface area contributed by atoms with E-state index >= 15 is 0 Å². The van der Waals surface area contributed by atoms with E-state index in [2.05, 4.69) is 4.74 Å². The predicted molar refractivity (Wildman–Crippen MR) is 43.2 cm³/mol. The number of hydrogen-bond donors (Lipinski definition) is 3. The molecule has 0 amide bonds. The standard InChI is InChI=1S/C7H13NO5/c1-13-3-4(6(9)10)2-5(8)7(11)12/h4-5H,2-3,8H2,1H3,(H,9,10)(H,11,12)/t4-,5-/m0/s1. The Morgan fingerprint density at radius 2 is 1.92 bits per heavy atom. The number of carboxylic acid groups (broad SMARTS) is 2. The van der Waals surface area contributed by atoms with Crippen molar-refractivity contribution in [1.82, 2.24) is 0 Å². The quantitative estimate of drug-likeness (QED) is 0.503. The maximum atomic E-state index is 10.5. The molecule has 0 aliphatic rings. The molecule has 0 fully saturated rings. The summed E-state index contributed by atoms with van der Waals surface area (Å²) in [7, 11) is 1.35. The highest BCUT2D eigenvalue weighted by molar-refractivity contribution is 5.75. The molecular formula is C7H13NO5. The molecule has 2 atom stereocenters. The Morgan fingerprint density at radius 1 is 1.38 bits per heavy atom. The van der Waals surface area contributed by atoms with E-state index in [4.69, 9.17) is 15.9 Å². The molecule has 0 saturated carbocycles. The second kappa shape index (κ2) is 5.50. The Kier molecular flexibility index (Phi) is 5.01. The molecule has 0 rings (SSSR count). The molecule has 4 N–H and O–H groups in total. The third kappa shape index (κ3) is 4.44. The fraction of sp³-hybridized carbons (Fsp3) is 0.714. The van der Waals surface area contributed by atoms with Crippen LogP contribution in [0.4, 0.5) is 0 Å². The highest BCUT2D eigenvalue weighted by Crippen LogP contribution is 2.06. The van der Waals surface area contributed by atoms with Crippen LogP contribution < -0.4 is 5.73 Å². The fourth-order valence-electron chi connectivity index (χ4n) is 0.849. The van der Waals surface area contributed by atoms with E-state index in [1.54, 1.807) is 0 Å². The molecule has 13 heavy (non-hydrogen) atoms. The molecule has 0 bridgehead atoms. The summed E-state index contributed by atoms with van der Waals surface area (Å²) in [5, 5.41) is 17.0. The number of rotatable bonds is 6. The van der Waals surface area contributed by atoms with Crippen molar-refractivity contribution in [3.8, 4) is 0 Å². The number of methoxy groups -OCH3 is 1. The van der Waals surface area contributed by atoms with E-state index < -0.39 is 23.9 Å². The second-order valence-electron chi connectivity index (χ2n) is 2.67. The molecule has 0 aromatic rings. The lowest BCUT2D eigenvalue weighted by atomic mass is 10.0. The van der Waals surface area contributed by atoms with Gasteiger partial charge in [0, 0.05) is 7.11 Å². The van der Waals surface area contributed by atoms with Crippen LogP contribution in [0.5, 0.6) is 0 Å². The van der Waals surface area contributed by atoms with Crippen LogP contribution in [0.1, 0.15) is 6.42 Å². The molecule has 0 spiro atoms. The van der Waals surface area contributed by atoms with Crippen LogP contribution in [0.3, 0.4) is 0 Å². The number of nitrogens with two attached hydrogens (primary N) is 1. The van der Waals surface area contributed by atoms with Crippen molar-refractivity contribution in [3.63, 3.8) is 0 Å². The van der Waals surface area contributed by atoms with Crippen molar-refractivity contribution in [2.75, 3.05) is 13.7 Å². The van der Waals surface area contributed by atoms with Crippen molar-refractivity contribution in [2.45, 2.75) is 12.5 Å². The van der Waals surface area contributed by atoms with Gasteiger partial charge < -0.3 is 20.7 Å². The zero-order valence-corrected chi connectivity index (χ0v) is 7.27. The first-order valence-electron chi connectivity index (χ1n) is 3.69. The first-order valence-corrected chi connectivity index (χ1v) is 3.69. The largest absolute Gasteiger partial charge is 0.481 e. The van der Waals surface area contributed by atoms with Gasteiger partial charge in [-0.05, 0) is 6.42 Å². The van der Waals surface area contributed by atoms with Gasteiger partial charge in [0.25, 0.3) is 0 Å². The summed E-state index contributed by atoms with van der Waals surface area (Å²) in [6.45, 7) is -0.0314. The van der Waals surface area contributed by atoms with Gasteiger partial charge in [-0.25, -0.2) is 0 Å². The summed E-state index contributed by atoms with van der Waals surface area (Å²) in [4.78, 5) is 20.8. The van der Waals surface area contributed by atoms with Crippen LogP contribution in [0.25, 0.3) is 0 Å². The van der Waals surface area contributed by atoms with Crippen molar-refractivity contribution >= 4 is 11.9 Å². The van der Waals surface area contributed by atoms with Crippen molar-refractivity contribution in [1.29, 1.82) is 0 Å². The topological polar surface area (TPSA) is 110 Å². The summed E-state index contributed by atoms with van der Waals surface area (Å²) in [6, 6.07) is -1.16. The van der Waals surface area contributed by atoms with Crippen LogP contribution in [0.15, 0.2) is 0 Å². The Hall–Kier alpha value is -1.14. The number of carboxylic acids is 2. The SMILES string of the molecule is COC[C@H](C[C@H](N)C(=O)O)C(=O)O. The number of ether oxygens (including phenoxy) is 1. The highest BCUT2D eigenvalue weighted by atomic mass is 16.5. The maximum absolute atomic E-state index is 10.5. The lowest BCUT2D eigenvalue weighted by Gasteiger charge is -2.13. The normalized spacial score (nSPS) is 14.9. The lowest BCUT2D eigenvalue weighted by Crippen LogP contribution is -2.35. The zero-order chi connectivity index (χ0) is 10.4. The molecular weight excluding hydrogens is 178 g/mol. The molecule has 0 aliphatic carbocycles. The third-order valence-corrected chi connectivity index (χ3v) is 1.57. The summed E-state index contributed by atoms with van der Waals surface area (Å²) in [6.07, 6.45) is -0.126. The molecule has 76 valence electrons. The molecule has 6 heteroatoms. The number of aliphatic carboxylic acids is 2. The van der Waals surface area contributed by atoms with Gasteiger partial charge in [-0.3, -0.25) is 9.59 Å². The molecule has 0 unspecified atom stereocenters. The summed E-state index contributed by atoms with van der Waals surface area (Å²) >= 11 is 0. The average molecular weight is 191 g/mol. The van der Waals surface area contributed by atoms with Gasteiger partial charge in [-0.15, -0.1) is 0 Å². The van der Waals surface area contributed by atoms with Crippen LogP contribution in [0.2, 0.25) is 0 Å². The molecule has 0 saturated heterocycles. The predicted octanol–water partition coefficient (Wildman–Crippen LogP) is -0.864. The minimum Gasteiger partial charge on any atom is -0.481 e. The first kappa shape index (κ1) is 11.9. The van der Waals surface area contributed by atoms with E-state index in [1.165, 1.54) is 7.11 Å². The Balaban J connectivity index is 4.09. The monoisotopic (exact) mass is 191 g/mol. The Morgan fingerprint density at radius 3 is 2.23 bits per heavy atom. The minimum atomic E-state index is -1.21. The van der Waals surface area contributed by atoms with Gasteiger partial charge in [-0.1, -0.05) is 0 Å². The lowest BCUT2D eigenvalue weighted by molar-refractivity contribution is -0.145. The number of carbonyl (C=O) groups is 2. The zero-order valence-electron chi connectivity index (χ0n) is 7.27. The van der Waals surface area contributed by atoms with Crippen LogP contribution in [-0.4, -0.2) is 41.9 Å². The van der Waals surface area contributed by atoms with Gasteiger partial charge in [0.2, 0.25) is 0 Å². The minimum absolute atomic E-state index is 0.0314. The van der Waals surface area contributed by atoms with Gasteiger partial charge in [0.15, 0.2) is 0 Å². The molecule has 0 aromatic carbocycles. The number of hydrogen-bond acceptors (Lipinski definition) is 4. The van der Waals surface area contributed by atoms with Gasteiger partial charge in [-0.2, -0.15) is 0 Å². The fourth-order valence-corrected chi connectivity index (χ4v) is 0.849. The third-order valence-electron chi connectivity index (χ3n) is 1.57. The summed E-state index contributed by atoms with van der Waals surface area (Å²) in [5.41, 5.74) is 5.17. The van der Waals surface area contributed by atoms with E-state index in [1.807, 2.05) is 0 Å². The van der Waals surface area contributed by atoms with E-state index in [0.717, 1.165) is 0 Å². The molecule has 0 aliphatic heterocycles. The second-order valence-corrected chi connectivity index (χ2v) is 2.67. The van der Waals surface area contributed by atoms with Crippen LogP contribution in [-0.2, 0) is 14.3 Å². The highest BCUT2D eigenvalue weighted by Gasteiger charge is 2.23. The Labute approximate surface area is 75.3 Å². The average Bonchev–Trinajstić information content (AvgIpc) is 2.03. The summed E-state index contributed by atoms with van der Waals surface area (Å²) < 4.78 is 4.62. The van der Waals surface area contributed by atoms with Crippen molar-refractivity contribution < 1.29 is 24.5 Å². The molecule has 0 heterocycles. The van der Waals surface area contributed by atoms with Crippen LogP contribution in [0, 0.1) is 5.92 Å². The van der Waals surface area contributed by atoms with Crippen molar-refractivity contribution in [3.05, 3.63) is 0 Å². The first-order chi connectivity index (χ1) is 5.99. The molecule has 0 aromatic heterocycles. The molecule has 6 nitrogen and oxygen atoms in total. The van der Waals surface area contributed by atoms with Gasteiger partial charge in [0.05, 0.1) is 12.5 Å². The van der Waals surface area contributed by atoms with E-state index in [9.17, 15) is 9.59 Å². The smallest absolute Gasteiger partial charge is 0.320 e. The molecule has 0 radical (unpaired) electrons. The van der Waals surface area contributed by atoms with E-state index in [0.29, 0.717) is 0 Å². The maximum Gasteiger partial charge on any atom is 0.320 e.